The predicted octanol–water partition coefficient (Wildman–Crippen LogP) is -0.0296. The van der Waals surface area contributed by atoms with Crippen LogP contribution in [0.4, 0.5) is 0 Å². The van der Waals surface area contributed by atoms with Gasteiger partial charge >= 0.3 is 0 Å². The van der Waals surface area contributed by atoms with Crippen molar-refractivity contribution in [2.75, 3.05) is 81.6 Å². The molecule has 0 bridgehead atoms. The van der Waals surface area contributed by atoms with Crippen LogP contribution in [-0.2, 0) is 9.59 Å². The highest BCUT2D eigenvalue weighted by atomic mass is 16.2. The molecular weight excluding hydrogens is 342 g/mol. The van der Waals surface area contributed by atoms with Gasteiger partial charge in [-0.25, -0.2) is 0 Å². The molecule has 2 rings (SSSR count). The summed E-state index contributed by atoms with van der Waals surface area (Å²) in [5, 5.41) is 3.07. The molecule has 156 valence electrons. The number of hydrogen-bond acceptors (Lipinski definition) is 3. The van der Waals surface area contributed by atoms with Gasteiger partial charge in [-0.3, -0.25) is 14.9 Å². The number of amides is 2. The number of nitrogens with one attached hydrogen (secondary N) is 1. The summed E-state index contributed by atoms with van der Waals surface area (Å²) in [4.78, 5) is 28.7. The molecule has 0 unspecified atom stereocenters. The van der Waals surface area contributed by atoms with E-state index in [9.17, 15) is 9.59 Å². The van der Waals surface area contributed by atoms with Gasteiger partial charge in [0.1, 0.15) is 0 Å². The number of carbonyl (C=O) groups excluding carboxylic acids is 2. The van der Waals surface area contributed by atoms with Crippen molar-refractivity contribution in [1.82, 2.24) is 15.1 Å². The van der Waals surface area contributed by atoms with Crippen LogP contribution in [0.5, 0.6) is 0 Å². The van der Waals surface area contributed by atoms with E-state index in [2.05, 4.69) is 47.6 Å². The molecule has 2 aliphatic heterocycles. The Labute approximate surface area is 165 Å². The van der Waals surface area contributed by atoms with Crippen molar-refractivity contribution in [2.45, 2.75) is 37.8 Å². The minimum absolute atomic E-state index is 0.117. The standard InChI is InChI=1S/C20H41N5O2/c1-24(2,3)17-7-11-22(12-8-17)19(26)15-21-16-20(27)23-13-9-18(10-14-23)25(4,5)6/h17-18,21H,7-16H2,1-6H3/q+2. The minimum atomic E-state index is 0.117. The van der Waals surface area contributed by atoms with Gasteiger partial charge in [0.2, 0.25) is 11.8 Å². The monoisotopic (exact) mass is 383 g/mol. The molecule has 0 radical (unpaired) electrons. The maximum absolute atomic E-state index is 12.4. The van der Waals surface area contributed by atoms with Gasteiger partial charge in [0.05, 0.1) is 67.5 Å². The Morgan fingerprint density at radius 1 is 0.704 bits per heavy atom. The van der Waals surface area contributed by atoms with E-state index in [0.717, 1.165) is 60.8 Å². The molecule has 1 N–H and O–H groups in total. The third kappa shape index (κ3) is 6.43. The number of quaternary nitrogens is 2. The van der Waals surface area contributed by atoms with E-state index in [1.165, 1.54) is 0 Å². The second-order valence-corrected chi connectivity index (χ2v) is 10.1. The average molecular weight is 384 g/mol. The molecule has 2 amide bonds. The molecular formula is C20H41N5O2+2. The van der Waals surface area contributed by atoms with Crippen molar-refractivity contribution < 1.29 is 18.6 Å². The Balaban J connectivity index is 1.65. The molecule has 0 spiro atoms. The van der Waals surface area contributed by atoms with Gasteiger partial charge in [-0.15, -0.1) is 0 Å². The lowest BCUT2D eigenvalue weighted by molar-refractivity contribution is -0.897. The number of piperidine rings is 2. The van der Waals surface area contributed by atoms with Gasteiger partial charge in [-0.05, 0) is 0 Å². The molecule has 0 atom stereocenters. The molecule has 2 heterocycles. The van der Waals surface area contributed by atoms with E-state index in [1.54, 1.807) is 0 Å². The van der Waals surface area contributed by atoms with Crippen LogP contribution in [-0.4, -0.2) is 124 Å². The zero-order valence-corrected chi connectivity index (χ0v) is 18.3. The van der Waals surface area contributed by atoms with Crippen LogP contribution in [0.15, 0.2) is 0 Å². The average Bonchev–Trinajstić information content (AvgIpc) is 2.60. The van der Waals surface area contributed by atoms with E-state index >= 15 is 0 Å². The van der Waals surface area contributed by atoms with Gasteiger partial charge in [-0.2, -0.15) is 0 Å². The lowest BCUT2D eigenvalue weighted by atomic mass is 10.0. The SMILES string of the molecule is C[N+](C)(C)C1CCN(C(=O)CNCC(=O)N2CCC([N+](C)(C)C)CC2)CC1. The lowest BCUT2D eigenvalue weighted by Gasteiger charge is -2.40. The molecule has 7 nitrogen and oxygen atoms in total. The van der Waals surface area contributed by atoms with Gasteiger partial charge in [0.25, 0.3) is 0 Å². The summed E-state index contributed by atoms with van der Waals surface area (Å²) in [6, 6.07) is 1.25. The smallest absolute Gasteiger partial charge is 0.236 e. The van der Waals surface area contributed by atoms with Crippen molar-refractivity contribution in [3.63, 3.8) is 0 Å². The van der Waals surface area contributed by atoms with Crippen LogP contribution in [0, 0.1) is 0 Å². The third-order valence-electron chi connectivity index (χ3n) is 6.38. The Hall–Kier alpha value is -1.18. The molecule has 27 heavy (non-hydrogen) atoms. The summed E-state index contributed by atoms with van der Waals surface area (Å²) in [7, 11) is 13.3. The van der Waals surface area contributed by atoms with Crippen LogP contribution >= 0.6 is 0 Å². The molecule has 7 heteroatoms. The summed E-state index contributed by atoms with van der Waals surface area (Å²) < 4.78 is 1.92. The zero-order valence-electron chi connectivity index (χ0n) is 18.3. The fourth-order valence-electron chi connectivity index (χ4n) is 4.28. The Kier molecular flexibility index (Phi) is 7.27. The quantitative estimate of drug-likeness (QED) is 0.656. The van der Waals surface area contributed by atoms with Crippen molar-refractivity contribution in [3.8, 4) is 0 Å². The predicted molar refractivity (Wildman–Crippen MR) is 108 cm³/mol. The summed E-state index contributed by atoms with van der Waals surface area (Å²) in [5.74, 6) is 0.234. The van der Waals surface area contributed by atoms with Gasteiger partial charge < -0.3 is 18.8 Å². The summed E-state index contributed by atoms with van der Waals surface area (Å²) >= 11 is 0. The molecule has 0 aromatic heterocycles. The van der Waals surface area contributed by atoms with Crippen LogP contribution in [0.1, 0.15) is 25.7 Å². The van der Waals surface area contributed by atoms with Crippen LogP contribution in [0.2, 0.25) is 0 Å². The van der Waals surface area contributed by atoms with E-state index < -0.39 is 0 Å². The minimum Gasteiger partial charge on any atom is -0.341 e. The van der Waals surface area contributed by atoms with E-state index in [1.807, 2.05) is 9.80 Å². The highest BCUT2D eigenvalue weighted by Crippen LogP contribution is 2.19. The zero-order chi connectivity index (χ0) is 20.2. The Morgan fingerprint density at radius 2 is 1.00 bits per heavy atom. The normalized spacial score (nSPS) is 20.8. The maximum atomic E-state index is 12.4. The maximum Gasteiger partial charge on any atom is 0.236 e. The fraction of sp³-hybridized carbons (Fsp3) is 0.900. The van der Waals surface area contributed by atoms with Crippen molar-refractivity contribution in [3.05, 3.63) is 0 Å². The number of rotatable bonds is 6. The number of likely N-dealkylation sites (tertiary alicyclic amines) is 2. The second-order valence-electron chi connectivity index (χ2n) is 10.1. The largest absolute Gasteiger partial charge is 0.341 e. The highest BCUT2D eigenvalue weighted by molar-refractivity contribution is 5.81. The van der Waals surface area contributed by atoms with Crippen molar-refractivity contribution in [2.24, 2.45) is 0 Å². The summed E-state index contributed by atoms with van der Waals surface area (Å²) in [5.41, 5.74) is 0. The van der Waals surface area contributed by atoms with E-state index in [4.69, 9.17) is 0 Å². The highest BCUT2D eigenvalue weighted by Gasteiger charge is 2.32. The molecule has 0 saturated carbocycles. The molecule has 0 aliphatic carbocycles. The van der Waals surface area contributed by atoms with Crippen LogP contribution in [0.3, 0.4) is 0 Å². The summed E-state index contributed by atoms with van der Waals surface area (Å²) in [6.45, 7) is 3.83. The van der Waals surface area contributed by atoms with Crippen LogP contribution in [0.25, 0.3) is 0 Å². The Morgan fingerprint density at radius 3 is 1.26 bits per heavy atom. The molecule has 2 saturated heterocycles. The first-order valence-corrected chi connectivity index (χ1v) is 10.4. The van der Waals surface area contributed by atoms with Gasteiger partial charge in [0.15, 0.2) is 0 Å². The first kappa shape index (κ1) is 22.1. The van der Waals surface area contributed by atoms with Gasteiger partial charge in [0, 0.05) is 51.9 Å². The molecule has 2 fully saturated rings. The van der Waals surface area contributed by atoms with E-state index in [0.29, 0.717) is 12.1 Å². The number of nitrogens with zero attached hydrogens (tertiary/aromatic N) is 4. The summed E-state index contributed by atoms with van der Waals surface area (Å²) in [6.07, 6.45) is 4.20. The number of hydrogen-bond donors (Lipinski definition) is 1. The second kappa shape index (κ2) is 8.88. The molecule has 2 aliphatic rings. The lowest BCUT2D eigenvalue weighted by Crippen LogP contribution is -2.54. The third-order valence-corrected chi connectivity index (χ3v) is 6.38. The first-order valence-electron chi connectivity index (χ1n) is 10.4. The van der Waals surface area contributed by atoms with Crippen molar-refractivity contribution in [1.29, 1.82) is 0 Å². The molecule has 0 aromatic carbocycles. The Bertz CT molecular complexity index is 461. The van der Waals surface area contributed by atoms with Crippen LogP contribution < -0.4 is 5.32 Å². The molecule has 0 aromatic rings. The van der Waals surface area contributed by atoms with E-state index in [-0.39, 0.29) is 24.9 Å². The number of carbonyl (C=O) groups is 2. The fourth-order valence-corrected chi connectivity index (χ4v) is 4.28. The first-order chi connectivity index (χ1) is 12.5. The topological polar surface area (TPSA) is 52.7 Å². The van der Waals surface area contributed by atoms with Crippen molar-refractivity contribution >= 4 is 11.8 Å². The van der Waals surface area contributed by atoms with Gasteiger partial charge in [-0.1, -0.05) is 0 Å².